The Bertz CT molecular complexity index is 895. The molecule has 1 fully saturated rings. The average molecular weight is 442 g/mol. The van der Waals surface area contributed by atoms with Crippen molar-refractivity contribution < 1.29 is 19.1 Å². The number of carbonyl (C=O) groups excluding carboxylic acids is 2. The van der Waals surface area contributed by atoms with Gasteiger partial charge in [0.2, 0.25) is 5.91 Å². The molecular weight excluding hydrogens is 406 g/mol. The molecular formula is C25H35N3O4. The fourth-order valence-electron chi connectivity index (χ4n) is 5.27. The van der Waals surface area contributed by atoms with Gasteiger partial charge in [-0.2, -0.15) is 0 Å². The van der Waals surface area contributed by atoms with Gasteiger partial charge in [-0.05, 0) is 48.6 Å². The minimum Gasteiger partial charge on any atom is -0.497 e. The van der Waals surface area contributed by atoms with Crippen LogP contribution in [0.15, 0.2) is 29.8 Å². The van der Waals surface area contributed by atoms with E-state index in [0.29, 0.717) is 48.0 Å². The van der Waals surface area contributed by atoms with Crippen molar-refractivity contribution in [2.24, 2.45) is 17.3 Å². The maximum atomic E-state index is 12.7. The third kappa shape index (κ3) is 4.77. The van der Waals surface area contributed by atoms with Gasteiger partial charge in [0.1, 0.15) is 18.1 Å². The van der Waals surface area contributed by atoms with Gasteiger partial charge in [-0.1, -0.05) is 25.5 Å². The lowest BCUT2D eigenvalue weighted by Gasteiger charge is -2.57. The van der Waals surface area contributed by atoms with Crippen LogP contribution >= 0.6 is 0 Å². The van der Waals surface area contributed by atoms with E-state index in [4.69, 9.17) is 9.47 Å². The Balaban J connectivity index is 1.42. The first kappa shape index (κ1) is 22.6. The lowest BCUT2D eigenvalue weighted by atomic mass is 9.49. The number of methoxy groups -OCH3 is 1. The van der Waals surface area contributed by atoms with Crippen molar-refractivity contribution in [2.45, 2.75) is 33.1 Å². The van der Waals surface area contributed by atoms with E-state index >= 15 is 0 Å². The smallest absolute Gasteiger partial charge is 0.255 e. The first-order valence-electron chi connectivity index (χ1n) is 11.7. The van der Waals surface area contributed by atoms with Crippen LogP contribution in [0.1, 0.15) is 43.5 Å². The molecule has 3 aliphatic carbocycles. The third-order valence-electron chi connectivity index (χ3n) is 7.41. The van der Waals surface area contributed by atoms with Gasteiger partial charge in [0.05, 0.1) is 25.8 Å². The highest BCUT2D eigenvalue weighted by molar-refractivity contribution is 5.97. The molecule has 4 aliphatic rings. The quantitative estimate of drug-likeness (QED) is 0.705. The summed E-state index contributed by atoms with van der Waals surface area (Å²) in [5.74, 6) is 2.35. The number of hydrogen-bond donors (Lipinski definition) is 2. The van der Waals surface area contributed by atoms with Crippen molar-refractivity contribution in [3.8, 4) is 11.5 Å². The predicted molar refractivity (Wildman–Crippen MR) is 123 cm³/mol. The maximum absolute atomic E-state index is 12.7. The van der Waals surface area contributed by atoms with E-state index in [2.05, 4.69) is 35.5 Å². The molecule has 7 nitrogen and oxygen atoms in total. The summed E-state index contributed by atoms with van der Waals surface area (Å²) in [4.78, 5) is 27.5. The second-order valence-corrected chi connectivity index (χ2v) is 9.70. The number of nitrogens with zero attached hydrogens (tertiary/aromatic N) is 1. The molecule has 32 heavy (non-hydrogen) atoms. The first-order valence-corrected chi connectivity index (χ1v) is 11.7. The molecule has 0 spiro atoms. The van der Waals surface area contributed by atoms with Crippen LogP contribution in [0.25, 0.3) is 0 Å². The topological polar surface area (TPSA) is 79.9 Å². The largest absolute Gasteiger partial charge is 0.497 e. The van der Waals surface area contributed by atoms with Gasteiger partial charge in [0.15, 0.2) is 0 Å². The number of fused-ring (bicyclic) bond motifs is 2. The number of allylic oxidation sites excluding steroid dienone is 1. The van der Waals surface area contributed by atoms with Crippen LogP contribution in [-0.4, -0.2) is 63.2 Å². The van der Waals surface area contributed by atoms with Gasteiger partial charge in [-0.3, -0.25) is 14.5 Å². The molecule has 5 rings (SSSR count). The molecule has 1 aromatic carbocycles. The summed E-state index contributed by atoms with van der Waals surface area (Å²) in [5, 5.41) is 5.95. The Morgan fingerprint density at radius 1 is 1.22 bits per heavy atom. The highest BCUT2D eigenvalue weighted by Crippen LogP contribution is 2.59. The van der Waals surface area contributed by atoms with Crippen LogP contribution in [0, 0.1) is 17.3 Å². The van der Waals surface area contributed by atoms with Crippen LogP contribution < -0.4 is 20.1 Å². The molecule has 174 valence electrons. The van der Waals surface area contributed by atoms with Crippen molar-refractivity contribution in [3.05, 3.63) is 35.4 Å². The minimum absolute atomic E-state index is 0.00252. The van der Waals surface area contributed by atoms with Gasteiger partial charge < -0.3 is 20.1 Å². The van der Waals surface area contributed by atoms with Crippen LogP contribution in [0.5, 0.6) is 11.5 Å². The molecule has 0 radical (unpaired) electrons. The Morgan fingerprint density at radius 3 is 2.81 bits per heavy atom. The lowest BCUT2D eigenvalue weighted by Crippen LogP contribution is -2.50. The van der Waals surface area contributed by atoms with E-state index in [1.54, 1.807) is 25.3 Å². The van der Waals surface area contributed by atoms with Crippen LogP contribution in [-0.2, 0) is 4.79 Å². The van der Waals surface area contributed by atoms with Crippen LogP contribution in [0.4, 0.5) is 0 Å². The van der Waals surface area contributed by atoms with Crippen LogP contribution in [0.2, 0.25) is 0 Å². The van der Waals surface area contributed by atoms with Crippen molar-refractivity contribution >= 4 is 11.8 Å². The number of amides is 2. The fraction of sp³-hybridized carbons (Fsp3) is 0.600. The third-order valence-corrected chi connectivity index (χ3v) is 7.41. The number of ether oxygens (including phenoxy) is 2. The first-order chi connectivity index (χ1) is 15.4. The summed E-state index contributed by atoms with van der Waals surface area (Å²) >= 11 is 0. The van der Waals surface area contributed by atoms with Gasteiger partial charge in [-0.25, -0.2) is 0 Å². The van der Waals surface area contributed by atoms with E-state index < -0.39 is 0 Å². The van der Waals surface area contributed by atoms with Crippen LogP contribution in [0.3, 0.4) is 0 Å². The van der Waals surface area contributed by atoms with Crippen molar-refractivity contribution in [3.63, 3.8) is 0 Å². The molecule has 2 bridgehead atoms. The second-order valence-electron chi connectivity index (χ2n) is 9.70. The van der Waals surface area contributed by atoms with Gasteiger partial charge in [-0.15, -0.1) is 0 Å². The molecule has 1 aromatic rings. The molecule has 2 N–H and O–H groups in total. The highest BCUT2D eigenvalue weighted by Gasteiger charge is 2.51. The Hall–Kier alpha value is -2.54. The van der Waals surface area contributed by atoms with E-state index in [1.807, 2.05) is 0 Å². The predicted octanol–water partition coefficient (Wildman–Crippen LogP) is 2.62. The Morgan fingerprint density at radius 2 is 2.06 bits per heavy atom. The molecule has 2 atom stereocenters. The van der Waals surface area contributed by atoms with Gasteiger partial charge in [0, 0.05) is 25.7 Å². The van der Waals surface area contributed by atoms with Gasteiger partial charge in [0.25, 0.3) is 5.91 Å². The van der Waals surface area contributed by atoms with Crippen molar-refractivity contribution in [1.82, 2.24) is 15.5 Å². The summed E-state index contributed by atoms with van der Waals surface area (Å²) in [7, 11) is 1.57. The number of nitrogens with one attached hydrogen (secondary N) is 2. The number of benzene rings is 1. The number of rotatable bonds is 3. The minimum atomic E-state index is -0.160. The summed E-state index contributed by atoms with van der Waals surface area (Å²) in [6.07, 6.45) is 5.59. The normalized spacial score (nSPS) is 26.3. The Kier molecular flexibility index (Phi) is 6.74. The summed E-state index contributed by atoms with van der Waals surface area (Å²) in [6.45, 7) is 7.88. The zero-order chi connectivity index (χ0) is 22.7. The molecule has 1 aliphatic heterocycles. The van der Waals surface area contributed by atoms with E-state index in [-0.39, 0.29) is 18.4 Å². The molecule has 0 unspecified atom stereocenters. The maximum Gasteiger partial charge on any atom is 0.255 e. The molecule has 2 amide bonds. The van der Waals surface area contributed by atoms with Crippen molar-refractivity contribution in [2.75, 3.05) is 46.4 Å². The summed E-state index contributed by atoms with van der Waals surface area (Å²) in [6, 6.07) is 5.16. The number of carbonyl (C=O) groups is 2. The monoisotopic (exact) mass is 441 g/mol. The molecule has 0 saturated heterocycles. The summed E-state index contributed by atoms with van der Waals surface area (Å²) < 4.78 is 11.1. The molecule has 1 heterocycles. The SMILES string of the molecule is COc1ccc2c(c1)OCCNC(=O)CN(CC1=CC[C@H]3C[C@@H]1C3(C)C)CCCNC2=O. The zero-order valence-corrected chi connectivity index (χ0v) is 19.4. The van der Waals surface area contributed by atoms with E-state index in [1.165, 1.54) is 12.0 Å². The van der Waals surface area contributed by atoms with Crippen molar-refractivity contribution in [1.29, 1.82) is 0 Å². The molecule has 0 aromatic heterocycles. The summed E-state index contributed by atoms with van der Waals surface area (Å²) in [5.41, 5.74) is 2.32. The highest BCUT2D eigenvalue weighted by atomic mass is 16.5. The standard InChI is InChI=1S/C25H35N3O4/c1-25(2)18-6-5-17(21(25)13-18)15-28-11-4-9-27-24(30)20-8-7-19(31-3)14-22(20)32-12-10-26-23(29)16-28/h5,7-8,14,18,21H,4,6,9-13,15-16H2,1-3H3,(H,26,29)(H,27,30)/t18-,21-/m0/s1. The lowest BCUT2D eigenvalue weighted by molar-refractivity contribution is -0.122. The molecule has 1 saturated carbocycles. The average Bonchev–Trinajstić information content (AvgIpc) is 2.78. The fourth-order valence-corrected chi connectivity index (χ4v) is 5.27. The van der Waals surface area contributed by atoms with E-state index in [9.17, 15) is 9.59 Å². The van der Waals surface area contributed by atoms with Gasteiger partial charge >= 0.3 is 0 Å². The second kappa shape index (κ2) is 9.53. The zero-order valence-electron chi connectivity index (χ0n) is 19.4. The Labute approximate surface area is 190 Å². The van der Waals surface area contributed by atoms with E-state index in [0.717, 1.165) is 31.8 Å². The molecule has 7 heteroatoms. The number of hydrogen-bond acceptors (Lipinski definition) is 5.